The molecule has 0 radical (unpaired) electrons. The van der Waals surface area contributed by atoms with Crippen molar-refractivity contribution < 1.29 is 14.3 Å². The summed E-state index contributed by atoms with van der Waals surface area (Å²) in [5, 5.41) is 0. The minimum atomic E-state index is -0.0589. The van der Waals surface area contributed by atoms with E-state index in [0.29, 0.717) is 13.0 Å². The molecule has 24 heavy (non-hydrogen) atoms. The van der Waals surface area contributed by atoms with Crippen LogP contribution in [-0.4, -0.2) is 18.4 Å². The average Bonchev–Trinajstić information content (AvgIpc) is 2.28. The molecule has 3 nitrogen and oxygen atoms in total. The first-order valence-electron chi connectivity index (χ1n) is 8.57. The van der Waals surface area contributed by atoms with Crippen LogP contribution in [0.2, 0.25) is 0 Å². The van der Waals surface area contributed by atoms with E-state index in [0.717, 1.165) is 32.1 Å². The molecule has 0 saturated carbocycles. The van der Waals surface area contributed by atoms with Crippen LogP contribution < -0.4 is 0 Å². The maximum absolute atomic E-state index is 12.4. The van der Waals surface area contributed by atoms with Crippen molar-refractivity contribution in [2.24, 2.45) is 16.7 Å². The Kier molecular flexibility index (Phi) is 14.6. The number of Topliss-reactive ketones (excluding diaryl/α,β-unsaturated/α-hetero) is 1. The summed E-state index contributed by atoms with van der Waals surface area (Å²) >= 11 is 0. The van der Waals surface area contributed by atoms with Crippen LogP contribution in [0.15, 0.2) is 0 Å². The van der Waals surface area contributed by atoms with Gasteiger partial charge in [0, 0.05) is 6.42 Å². The fraction of sp³-hybridized carbons (Fsp3) is 0.905. The fourth-order valence-electron chi connectivity index (χ4n) is 2.66. The zero-order valence-corrected chi connectivity index (χ0v) is 15.8. The molecular formula is C21H44O3. The normalized spacial score (nSPS) is 11.5. The molecule has 0 aliphatic heterocycles. The van der Waals surface area contributed by atoms with E-state index in [1.54, 1.807) is 6.92 Å². The second kappa shape index (κ2) is 12.5. The van der Waals surface area contributed by atoms with E-state index in [-0.39, 0.29) is 43.4 Å². The van der Waals surface area contributed by atoms with Crippen molar-refractivity contribution in [1.82, 2.24) is 0 Å². The predicted octanol–water partition coefficient (Wildman–Crippen LogP) is 6.44. The number of carbonyl (C=O) groups excluding carboxylic acids is 2. The van der Waals surface area contributed by atoms with Gasteiger partial charge in [-0.25, -0.2) is 0 Å². The molecule has 0 spiro atoms. The highest BCUT2D eigenvalue weighted by atomic mass is 16.5. The third kappa shape index (κ3) is 17.5. The topological polar surface area (TPSA) is 43.4 Å². The van der Waals surface area contributed by atoms with Crippen LogP contribution in [0.5, 0.6) is 0 Å². The highest BCUT2D eigenvalue weighted by molar-refractivity contribution is 5.75. The van der Waals surface area contributed by atoms with Crippen LogP contribution in [0, 0.1) is 16.7 Å². The summed E-state index contributed by atoms with van der Waals surface area (Å²) in [4.78, 5) is 23.2. The molecule has 0 aliphatic rings. The van der Waals surface area contributed by atoms with E-state index >= 15 is 0 Å². The van der Waals surface area contributed by atoms with Gasteiger partial charge >= 0.3 is 5.97 Å². The Labute approximate surface area is 151 Å². The monoisotopic (exact) mass is 344 g/mol. The van der Waals surface area contributed by atoms with Gasteiger partial charge in [-0.1, -0.05) is 56.4 Å². The second-order valence-electron chi connectivity index (χ2n) is 8.91. The highest BCUT2D eigenvalue weighted by Gasteiger charge is 2.30. The highest BCUT2D eigenvalue weighted by Crippen LogP contribution is 2.33. The summed E-state index contributed by atoms with van der Waals surface area (Å²) in [5.74, 6) is 0.140. The van der Waals surface area contributed by atoms with Crippen molar-refractivity contribution in [3.63, 3.8) is 0 Å². The summed E-state index contributed by atoms with van der Waals surface area (Å²) in [5.41, 5.74) is 0.243. The van der Waals surface area contributed by atoms with Crippen molar-refractivity contribution >= 4 is 11.8 Å². The van der Waals surface area contributed by atoms with Crippen LogP contribution >= 0.6 is 0 Å². The molecule has 0 aromatic heterocycles. The molecule has 0 atom stereocenters. The smallest absolute Gasteiger partial charge is 0.308 e. The molecular weight excluding hydrogens is 300 g/mol. The van der Waals surface area contributed by atoms with Crippen molar-refractivity contribution in [2.75, 3.05) is 6.61 Å². The van der Waals surface area contributed by atoms with Crippen molar-refractivity contribution in [2.45, 2.75) is 102 Å². The van der Waals surface area contributed by atoms with Gasteiger partial charge in [0.25, 0.3) is 0 Å². The van der Waals surface area contributed by atoms with Gasteiger partial charge in [0.05, 0.1) is 12.5 Å². The van der Waals surface area contributed by atoms with Gasteiger partial charge in [0.2, 0.25) is 0 Å². The zero-order chi connectivity index (χ0) is 17.4. The van der Waals surface area contributed by atoms with E-state index in [9.17, 15) is 9.59 Å². The maximum atomic E-state index is 12.4. The number of unbranched alkanes of at least 4 members (excludes halogenated alkanes) is 2. The van der Waals surface area contributed by atoms with Gasteiger partial charge in [-0.3, -0.25) is 4.79 Å². The van der Waals surface area contributed by atoms with Crippen LogP contribution in [-0.2, 0) is 14.3 Å². The first kappa shape index (κ1) is 28.0. The van der Waals surface area contributed by atoms with Gasteiger partial charge in [-0.05, 0) is 49.9 Å². The average molecular weight is 345 g/mol. The Balaban J connectivity index is -0.00000220. The molecule has 0 amide bonds. The quantitative estimate of drug-likeness (QED) is 0.357. The lowest BCUT2D eigenvalue weighted by molar-refractivity contribution is -0.151. The molecule has 0 aromatic rings. The molecule has 0 fully saturated rings. The number of hydrogen-bond donors (Lipinski definition) is 0. The molecule has 0 rings (SSSR count). The van der Waals surface area contributed by atoms with Crippen molar-refractivity contribution in [3.05, 3.63) is 0 Å². The Hall–Kier alpha value is -0.860. The Morgan fingerprint density at radius 1 is 0.833 bits per heavy atom. The van der Waals surface area contributed by atoms with Gasteiger partial charge in [0.15, 0.2) is 0 Å². The molecule has 0 bridgehead atoms. The predicted molar refractivity (Wildman–Crippen MR) is 105 cm³/mol. The number of esters is 1. The summed E-state index contributed by atoms with van der Waals surface area (Å²) in [6.07, 6.45) is 5.01. The fourth-order valence-corrected chi connectivity index (χ4v) is 2.66. The lowest BCUT2D eigenvalue weighted by atomic mass is 9.77. The largest absolute Gasteiger partial charge is 0.465 e. The van der Waals surface area contributed by atoms with Gasteiger partial charge < -0.3 is 9.53 Å². The second-order valence-corrected chi connectivity index (χ2v) is 8.91. The standard InChI is InChI=1S/C19H36O3.2CH4/c1-15(20)11-9-8-10-12-22-17(21)16(13-18(2,3)4)14-19(5,6)7;;/h16H,8-14H2,1-7H3;2*1H4. The summed E-state index contributed by atoms with van der Waals surface area (Å²) in [6, 6.07) is 0. The van der Waals surface area contributed by atoms with E-state index in [2.05, 4.69) is 41.5 Å². The van der Waals surface area contributed by atoms with Gasteiger partial charge in [-0.2, -0.15) is 0 Å². The third-order valence-electron chi connectivity index (χ3n) is 3.47. The van der Waals surface area contributed by atoms with Crippen LogP contribution in [0.4, 0.5) is 0 Å². The number of hydrogen-bond acceptors (Lipinski definition) is 3. The molecule has 3 heteroatoms. The van der Waals surface area contributed by atoms with E-state index < -0.39 is 0 Å². The molecule has 0 N–H and O–H groups in total. The van der Waals surface area contributed by atoms with Crippen molar-refractivity contribution in [1.29, 1.82) is 0 Å². The Morgan fingerprint density at radius 3 is 1.67 bits per heavy atom. The van der Waals surface area contributed by atoms with E-state index in [1.165, 1.54) is 0 Å². The summed E-state index contributed by atoms with van der Waals surface area (Å²) in [7, 11) is 0. The number of ether oxygens (including phenoxy) is 1. The Morgan fingerprint density at radius 2 is 1.29 bits per heavy atom. The zero-order valence-electron chi connectivity index (χ0n) is 15.8. The summed E-state index contributed by atoms with van der Waals surface area (Å²) in [6.45, 7) is 15.1. The lowest BCUT2D eigenvalue weighted by Gasteiger charge is -2.29. The lowest BCUT2D eigenvalue weighted by Crippen LogP contribution is -2.27. The minimum Gasteiger partial charge on any atom is -0.465 e. The van der Waals surface area contributed by atoms with Crippen LogP contribution in [0.1, 0.15) is 102 Å². The van der Waals surface area contributed by atoms with E-state index in [1.807, 2.05) is 0 Å². The Bertz CT molecular complexity index is 329. The number of rotatable bonds is 9. The molecule has 146 valence electrons. The SMILES string of the molecule is C.C.CC(=O)CCCCCOC(=O)C(CC(C)(C)C)CC(C)(C)C. The molecule has 0 heterocycles. The maximum Gasteiger partial charge on any atom is 0.308 e. The first-order valence-corrected chi connectivity index (χ1v) is 8.57. The molecule has 0 aromatic carbocycles. The van der Waals surface area contributed by atoms with Crippen LogP contribution in [0.25, 0.3) is 0 Å². The first-order chi connectivity index (χ1) is 9.91. The third-order valence-corrected chi connectivity index (χ3v) is 3.47. The minimum absolute atomic E-state index is 0. The molecule has 0 aliphatic carbocycles. The molecule has 0 unspecified atom stereocenters. The molecule has 0 saturated heterocycles. The van der Waals surface area contributed by atoms with E-state index in [4.69, 9.17) is 4.74 Å². The number of ketones is 1. The number of carbonyl (C=O) groups is 2. The summed E-state index contributed by atoms with van der Waals surface area (Å²) < 4.78 is 5.48. The van der Waals surface area contributed by atoms with Gasteiger partial charge in [0.1, 0.15) is 5.78 Å². The van der Waals surface area contributed by atoms with Gasteiger partial charge in [-0.15, -0.1) is 0 Å². The van der Waals surface area contributed by atoms with Crippen LogP contribution in [0.3, 0.4) is 0 Å². The van der Waals surface area contributed by atoms with Crippen molar-refractivity contribution in [3.8, 4) is 0 Å².